The fraction of sp³-hybridized carbons (Fsp3) is 0.607. The standard InChI is InChI=1S/C28H40N2O10/c1-6-7-8-9-11-19-24(39-21(32)14-16(2)3)28(36)40-27(35)22(17(4)38-26(19)34)30-25(33)18-12-10-13-20(29-15-31)23(18)37-5/h10,12-13,15-17,19,22,24,28,36H,6-9,11,14H2,1-5H3,(H,29,31)(H,30,33)/t17-,19-,22+,24-,28-/m1/s1. The lowest BCUT2D eigenvalue weighted by molar-refractivity contribution is -0.208. The highest BCUT2D eigenvalue weighted by Gasteiger charge is 2.45. The van der Waals surface area contributed by atoms with E-state index in [2.05, 4.69) is 10.6 Å². The van der Waals surface area contributed by atoms with Gasteiger partial charge in [-0.2, -0.15) is 0 Å². The number of anilines is 1. The number of aliphatic hydroxyl groups excluding tert-OH is 1. The smallest absolute Gasteiger partial charge is 0.334 e. The van der Waals surface area contributed by atoms with E-state index in [1.165, 1.54) is 32.2 Å². The van der Waals surface area contributed by atoms with E-state index in [0.717, 1.165) is 19.3 Å². The van der Waals surface area contributed by atoms with Crippen molar-refractivity contribution in [3.8, 4) is 5.75 Å². The number of cyclic esters (lactones) is 2. The summed E-state index contributed by atoms with van der Waals surface area (Å²) in [6, 6.07) is 2.90. The molecule has 2 rings (SSSR count). The molecule has 12 nitrogen and oxygen atoms in total. The van der Waals surface area contributed by atoms with Crippen LogP contribution in [0.4, 0.5) is 5.69 Å². The third-order valence-corrected chi connectivity index (χ3v) is 6.42. The number of hydrogen-bond acceptors (Lipinski definition) is 10. The quantitative estimate of drug-likeness (QED) is 0.140. The molecule has 0 radical (unpaired) electrons. The zero-order valence-corrected chi connectivity index (χ0v) is 23.6. The minimum Gasteiger partial charge on any atom is -0.494 e. The van der Waals surface area contributed by atoms with Crippen LogP contribution in [0.2, 0.25) is 0 Å². The van der Waals surface area contributed by atoms with E-state index in [0.29, 0.717) is 12.8 Å². The van der Waals surface area contributed by atoms with Gasteiger partial charge in [-0.1, -0.05) is 52.5 Å². The van der Waals surface area contributed by atoms with Crippen molar-refractivity contribution in [1.82, 2.24) is 5.32 Å². The Kier molecular flexibility index (Phi) is 12.9. The summed E-state index contributed by atoms with van der Waals surface area (Å²) in [6.07, 6.45) is -0.725. The van der Waals surface area contributed by atoms with Gasteiger partial charge in [-0.15, -0.1) is 0 Å². The fourth-order valence-corrected chi connectivity index (χ4v) is 4.38. The van der Waals surface area contributed by atoms with Crippen LogP contribution >= 0.6 is 0 Å². The average Bonchev–Trinajstić information content (AvgIpc) is 2.91. The van der Waals surface area contributed by atoms with E-state index in [4.69, 9.17) is 18.9 Å². The highest BCUT2D eigenvalue weighted by molar-refractivity contribution is 6.01. The summed E-state index contributed by atoms with van der Waals surface area (Å²) in [5.74, 6) is -4.45. The molecular weight excluding hydrogens is 524 g/mol. The summed E-state index contributed by atoms with van der Waals surface area (Å²) >= 11 is 0. The third kappa shape index (κ3) is 8.94. The molecule has 1 aromatic carbocycles. The molecule has 0 aliphatic carbocycles. The molecule has 0 bridgehead atoms. The Morgan fingerprint density at radius 1 is 1.12 bits per heavy atom. The molecule has 1 aliphatic rings. The fourth-order valence-electron chi connectivity index (χ4n) is 4.38. The van der Waals surface area contributed by atoms with E-state index < -0.39 is 54.3 Å². The van der Waals surface area contributed by atoms with Crippen molar-refractivity contribution in [3.63, 3.8) is 0 Å². The Morgan fingerprint density at radius 2 is 1.85 bits per heavy atom. The molecule has 1 heterocycles. The molecule has 222 valence electrons. The largest absolute Gasteiger partial charge is 0.494 e. The van der Waals surface area contributed by atoms with E-state index in [9.17, 15) is 29.1 Å². The van der Waals surface area contributed by atoms with Gasteiger partial charge in [0.25, 0.3) is 5.91 Å². The van der Waals surface area contributed by atoms with Crippen molar-refractivity contribution < 1.29 is 48.0 Å². The first-order valence-electron chi connectivity index (χ1n) is 13.5. The molecule has 40 heavy (non-hydrogen) atoms. The lowest BCUT2D eigenvalue weighted by Crippen LogP contribution is -2.50. The molecule has 3 N–H and O–H groups in total. The van der Waals surface area contributed by atoms with Crippen molar-refractivity contribution in [2.75, 3.05) is 12.4 Å². The van der Waals surface area contributed by atoms with Crippen LogP contribution in [-0.4, -0.2) is 67.0 Å². The highest BCUT2D eigenvalue weighted by atomic mass is 16.7. The minimum atomic E-state index is -1.98. The highest BCUT2D eigenvalue weighted by Crippen LogP contribution is 2.29. The van der Waals surface area contributed by atoms with Crippen molar-refractivity contribution in [2.24, 2.45) is 11.8 Å². The Bertz CT molecular complexity index is 1040. The Balaban J connectivity index is 2.36. The molecule has 1 fully saturated rings. The number of rotatable bonds is 13. The maximum atomic E-state index is 13.3. The van der Waals surface area contributed by atoms with E-state index >= 15 is 0 Å². The van der Waals surface area contributed by atoms with Crippen molar-refractivity contribution >= 4 is 35.9 Å². The van der Waals surface area contributed by atoms with Crippen molar-refractivity contribution in [3.05, 3.63) is 23.8 Å². The second-order valence-electron chi connectivity index (χ2n) is 10.1. The van der Waals surface area contributed by atoms with Crippen LogP contribution in [0.15, 0.2) is 18.2 Å². The summed E-state index contributed by atoms with van der Waals surface area (Å²) in [5, 5.41) is 15.8. The van der Waals surface area contributed by atoms with E-state index in [-0.39, 0.29) is 35.8 Å². The van der Waals surface area contributed by atoms with Crippen LogP contribution in [0.1, 0.15) is 76.6 Å². The summed E-state index contributed by atoms with van der Waals surface area (Å²) in [4.78, 5) is 63.1. The lowest BCUT2D eigenvalue weighted by atomic mass is 9.94. The van der Waals surface area contributed by atoms with Gasteiger partial charge in [0.15, 0.2) is 17.9 Å². The second-order valence-corrected chi connectivity index (χ2v) is 10.1. The van der Waals surface area contributed by atoms with Crippen LogP contribution in [0, 0.1) is 11.8 Å². The maximum Gasteiger partial charge on any atom is 0.334 e. The average molecular weight is 565 g/mol. The van der Waals surface area contributed by atoms with Crippen molar-refractivity contribution in [1.29, 1.82) is 0 Å². The Morgan fingerprint density at radius 3 is 2.48 bits per heavy atom. The topological polar surface area (TPSA) is 167 Å². The summed E-state index contributed by atoms with van der Waals surface area (Å²) in [7, 11) is 1.30. The minimum absolute atomic E-state index is 0.0182. The predicted molar refractivity (Wildman–Crippen MR) is 143 cm³/mol. The first-order valence-corrected chi connectivity index (χ1v) is 13.5. The number of unbranched alkanes of at least 4 members (excludes halogenated alkanes) is 3. The van der Waals surface area contributed by atoms with Crippen LogP contribution < -0.4 is 15.4 Å². The third-order valence-electron chi connectivity index (χ3n) is 6.42. The molecule has 0 unspecified atom stereocenters. The van der Waals surface area contributed by atoms with Gasteiger partial charge in [-0.3, -0.25) is 19.2 Å². The molecule has 2 amide bonds. The van der Waals surface area contributed by atoms with Gasteiger partial charge in [-0.05, 0) is 31.4 Å². The Labute approximate surface area is 234 Å². The Hall–Kier alpha value is -3.67. The zero-order chi connectivity index (χ0) is 29.8. The van der Waals surface area contributed by atoms with Crippen molar-refractivity contribution in [2.45, 2.75) is 90.8 Å². The maximum absolute atomic E-state index is 13.3. The molecule has 1 aromatic rings. The summed E-state index contributed by atoms with van der Waals surface area (Å²) in [5.41, 5.74) is 0.199. The molecule has 12 heteroatoms. The number of hydrogen-bond donors (Lipinski definition) is 3. The van der Waals surface area contributed by atoms with Gasteiger partial charge >= 0.3 is 17.9 Å². The van der Waals surface area contributed by atoms with Gasteiger partial charge < -0.3 is 34.7 Å². The monoisotopic (exact) mass is 564 g/mol. The number of benzene rings is 1. The molecule has 0 aromatic heterocycles. The SMILES string of the molecule is CCCCCC[C@H]1C(=O)O[C@H](C)[C@H](NC(=O)c2cccc(NC=O)c2OC)C(=O)O[C@@H](O)[C@@H]1OC(=O)CC(C)C. The molecule has 5 atom stereocenters. The molecule has 1 aliphatic heterocycles. The number of ether oxygens (including phenoxy) is 4. The number of amides is 2. The second kappa shape index (κ2) is 15.8. The van der Waals surface area contributed by atoms with Crippen LogP contribution in [0.3, 0.4) is 0 Å². The van der Waals surface area contributed by atoms with Gasteiger partial charge in [0, 0.05) is 6.42 Å². The van der Waals surface area contributed by atoms with E-state index in [1.807, 2.05) is 20.8 Å². The first-order chi connectivity index (χ1) is 19.0. The lowest BCUT2D eigenvalue weighted by Gasteiger charge is -2.28. The number of para-hydroxylation sites is 1. The van der Waals surface area contributed by atoms with E-state index in [1.54, 1.807) is 0 Å². The van der Waals surface area contributed by atoms with Crippen LogP contribution in [-0.2, 0) is 33.4 Å². The number of nitrogens with one attached hydrogen (secondary N) is 2. The normalized spacial score (nSPS) is 23.1. The zero-order valence-electron chi connectivity index (χ0n) is 23.6. The molecular formula is C28H40N2O10. The predicted octanol–water partition coefficient (Wildman–Crippen LogP) is 2.71. The number of methoxy groups -OCH3 is 1. The van der Waals surface area contributed by atoms with Crippen LogP contribution in [0.25, 0.3) is 0 Å². The summed E-state index contributed by atoms with van der Waals surface area (Å²) < 4.78 is 21.6. The molecule has 0 spiro atoms. The number of esters is 3. The number of aliphatic hydroxyl groups is 1. The number of carbonyl (C=O) groups is 5. The summed E-state index contributed by atoms with van der Waals surface area (Å²) in [6.45, 7) is 7.06. The first kappa shape index (κ1) is 32.5. The molecule has 1 saturated heterocycles. The van der Waals surface area contributed by atoms with Gasteiger partial charge in [0.05, 0.1) is 18.4 Å². The van der Waals surface area contributed by atoms with Gasteiger partial charge in [-0.25, -0.2) is 4.79 Å². The number of carbonyl (C=O) groups excluding carboxylic acids is 5. The van der Waals surface area contributed by atoms with Gasteiger partial charge in [0.2, 0.25) is 12.7 Å². The van der Waals surface area contributed by atoms with Crippen LogP contribution in [0.5, 0.6) is 5.75 Å². The molecule has 0 saturated carbocycles. The van der Waals surface area contributed by atoms with Gasteiger partial charge in [0.1, 0.15) is 12.0 Å².